The van der Waals surface area contributed by atoms with Gasteiger partial charge < -0.3 is 19.9 Å². The lowest BCUT2D eigenvalue weighted by Gasteiger charge is -2.27. The SMILES string of the molecule is COc1ccc(F)cc1-c1c(Cl)cnc2[nH]c(C3=CCN(CC(O)CO)CC3)cc12. The number of methoxy groups -OCH3 is 1. The predicted octanol–water partition coefficient (Wildman–Crippen LogP) is 3.47. The van der Waals surface area contributed by atoms with Crippen molar-refractivity contribution in [2.45, 2.75) is 12.5 Å². The average molecular weight is 432 g/mol. The third-order valence-corrected chi connectivity index (χ3v) is 5.65. The number of nitrogens with one attached hydrogen (secondary N) is 1. The number of H-pyrrole nitrogens is 1. The van der Waals surface area contributed by atoms with Crippen LogP contribution in [0.4, 0.5) is 4.39 Å². The van der Waals surface area contributed by atoms with Gasteiger partial charge in [-0.15, -0.1) is 0 Å². The van der Waals surface area contributed by atoms with E-state index in [0.717, 1.165) is 29.6 Å². The number of hydrogen-bond acceptors (Lipinski definition) is 5. The maximum absolute atomic E-state index is 14.0. The van der Waals surface area contributed by atoms with Gasteiger partial charge in [0, 0.05) is 48.0 Å². The van der Waals surface area contributed by atoms with E-state index < -0.39 is 6.10 Å². The number of hydrogen-bond donors (Lipinski definition) is 3. The summed E-state index contributed by atoms with van der Waals surface area (Å²) in [6.07, 6.45) is 3.71. The molecule has 0 amide bonds. The molecule has 0 bridgehead atoms. The lowest BCUT2D eigenvalue weighted by atomic mass is 10.0. The number of nitrogens with zero attached hydrogens (tertiary/aromatic N) is 2. The topological polar surface area (TPSA) is 81.6 Å². The molecule has 0 spiro atoms. The summed E-state index contributed by atoms with van der Waals surface area (Å²) in [5, 5.41) is 19.9. The highest BCUT2D eigenvalue weighted by Crippen LogP contribution is 2.40. The van der Waals surface area contributed by atoms with Crippen LogP contribution >= 0.6 is 11.6 Å². The van der Waals surface area contributed by atoms with Crippen LogP contribution in [-0.4, -0.2) is 64.5 Å². The average Bonchev–Trinajstić information content (AvgIpc) is 3.18. The van der Waals surface area contributed by atoms with Crippen LogP contribution in [0.1, 0.15) is 12.1 Å². The van der Waals surface area contributed by atoms with E-state index in [9.17, 15) is 9.50 Å². The Morgan fingerprint density at radius 2 is 2.20 bits per heavy atom. The second-order valence-corrected chi connectivity index (χ2v) is 7.75. The van der Waals surface area contributed by atoms with E-state index in [-0.39, 0.29) is 12.4 Å². The molecule has 3 N–H and O–H groups in total. The summed E-state index contributed by atoms with van der Waals surface area (Å²) in [7, 11) is 1.54. The Bertz CT molecular complexity index is 1100. The van der Waals surface area contributed by atoms with Gasteiger partial charge in [0.2, 0.25) is 0 Å². The molecule has 1 aliphatic rings. The molecule has 3 aromatic rings. The number of rotatable bonds is 6. The Labute approximate surface area is 178 Å². The zero-order chi connectivity index (χ0) is 21.3. The summed E-state index contributed by atoms with van der Waals surface area (Å²) < 4.78 is 19.4. The Morgan fingerprint density at radius 3 is 2.90 bits per heavy atom. The van der Waals surface area contributed by atoms with Crippen LogP contribution in [-0.2, 0) is 0 Å². The molecule has 2 aromatic heterocycles. The molecule has 1 unspecified atom stereocenters. The smallest absolute Gasteiger partial charge is 0.138 e. The third-order valence-electron chi connectivity index (χ3n) is 5.36. The number of β-amino-alcohol motifs (C(OH)–C–C–N with tert-alkyl or cyclic N) is 1. The van der Waals surface area contributed by atoms with Gasteiger partial charge in [-0.2, -0.15) is 0 Å². The van der Waals surface area contributed by atoms with E-state index in [4.69, 9.17) is 21.4 Å². The Kier molecular flexibility index (Phi) is 6.06. The van der Waals surface area contributed by atoms with Gasteiger partial charge in [0.05, 0.1) is 24.8 Å². The van der Waals surface area contributed by atoms with Crippen LogP contribution in [0.25, 0.3) is 27.7 Å². The first-order valence-corrected chi connectivity index (χ1v) is 10.1. The number of benzene rings is 1. The fraction of sp³-hybridized carbons (Fsp3) is 0.318. The van der Waals surface area contributed by atoms with Crippen LogP contribution in [0, 0.1) is 5.82 Å². The van der Waals surface area contributed by atoms with E-state index in [0.29, 0.717) is 40.6 Å². The fourth-order valence-electron chi connectivity index (χ4n) is 3.85. The number of ether oxygens (including phenoxy) is 1. The van der Waals surface area contributed by atoms with E-state index in [2.05, 4.69) is 20.9 Å². The van der Waals surface area contributed by atoms with Crippen molar-refractivity contribution in [3.05, 3.63) is 53.1 Å². The molecule has 0 saturated carbocycles. The molecule has 0 radical (unpaired) electrons. The van der Waals surface area contributed by atoms with Crippen LogP contribution in [0.5, 0.6) is 5.75 Å². The van der Waals surface area contributed by atoms with Crippen molar-refractivity contribution in [3.8, 4) is 16.9 Å². The highest BCUT2D eigenvalue weighted by atomic mass is 35.5. The number of aliphatic hydroxyl groups is 2. The van der Waals surface area contributed by atoms with Gasteiger partial charge in [-0.1, -0.05) is 17.7 Å². The molecule has 0 fully saturated rings. The first-order chi connectivity index (χ1) is 14.5. The second kappa shape index (κ2) is 8.73. The standard InChI is InChI=1S/C22H23ClFN3O3/c1-30-20-3-2-14(24)8-16(20)21-17-9-19(26-22(17)25-10-18(21)23)13-4-6-27(7-5-13)11-15(29)12-28/h2-4,8-10,15,28-29H,5-7,11-12H2,1H3,(H,25,26). The second-order valence-electron chi connectivity index (χ2n) is 7.35. The highest BCUT2D eigenvalue weighted by Gasteiger charge is 2.20. The molecule has 4 rings (SSSR count). The predicted molar refractivity (Wildman–Crippen MR) is 115 cm³/mol. The van der Waals surface area contributed by atoms with Crippen molar-refractivity contribution in [2.24, 2.45) is 0 Å². The van der Waals surface area contributed by atoms with Crippen LogP contribution in [0.3, 0.4) is 0 Å². The first-order valence-electron chi connectivity index (χ1n) is 9.72. The Morgan fingerprint density at radius 1 is 1.37 bits per heavy atom. The maximum atomic E-state index is 14.0. The summed E-state index contributed by atoms with van der Waals surface area (Å²) in [4.78, 5) is 9.83. The van der Waals surface area contributed by atoms with Gasteiger partial charge in [-0.05, 0) is 36.3 Å². The zero-order valence-electron chi connectivity index (χ0n) is 16.5. The lowest BCUT2D eigenvalue weighted by molar-refractivity contribution is 0.0623. The van der Waals surface area contributed by atoms with E-state index in [1.165, 1.54) is 19.2 Å². The summed E-state index contributed by atoms with van der Waals surface area (Å²) in [6.45, 7) is 1.65. The molecule has 30 heavy (non-hydrogen) atoms. The molecule has 1 aliphatic heterocycles. The van der Waals surface area contributed by atoms with Crippen molar-refractivity contribution in [1.82, 2.24) is 14.9 Å². The molecule has 1 atom stereocenters. The molecular formula is C22H23ClFN3O3. The minimum Gasteiger partial charge on any atom is -0.496 e. The van der Waals surface area contributed by atoms with Gasteiger partial charge in [-0.25, -0.2) is 9.37 Å². The minimum atomic E-state index is -0.733. The molecule has 8 heteroatoms. The van der Waals surface area contributed by atoms with Gasteiger partial charge >= 0.3 is 0 Å². The van der Waals surface area contributed by atoms with E-state index in [1.807, 2.05) is 6.07 Å². The molecule has 1 aromatic carbocycles. The maximum Gasteiger partial charge on any atom is 0.138 e. The molecular weight excluding hydrogens is 409 g/mol. The molecule has 158 valence electrons. The molecule has 3 heterocycles. The van der Waals surface area contributed by atoms with E-state index >= 15 is 0 Å². The van der Waals surface area contributed by atoms with Crippen molar-refractivity contribution in [1.29, 1.82) is 0 Å². The first kappa shape index (κ1) is 20.8. The van der Waals surface area contributed by atoms with Crippen molar-refractivity contribution >= 4 is 28.2 Å². The number of aromatic nitrogens is 2. The number of halogens is 2. The van der Waals surface area contributed by atoms with Gasteiger partial charge in [-0.3, -0.25) is 4.90 Å². The molecule has 6 nitrogen and oxygen atoms in total. The lowest BCUT2D eigenvalue weighted by Crippen LogP contribution is -2.37. The normalized spacial score (nSPS) is 16.0. The Balaban J connectivity index is 1.71. The van der Waals surface area contributed by atoms with Crippen LogP contribution in [0.15, 0.2) is 36.5 Å². The van der Waals surface area contributed by atoms with Crippen molar-refractivity contribution in [3.63, 3.8) is 0 Å². The summed E-state index contributed by atoms with van der Waals surface area (Å²) >= 11 is 6.48. The number of fused-ring (bicyclic) bond motifs is 1. The summed E-state index contributed by atoms with van der Waals surface area (Å²) in [6, 6.07) is 6.33. The minimum absolute atomic E-state index is 0.242. The quantitative estimate of drug-likeness (QED) is 0.556. The summed E-state index contributed by atoms with van der Waals surface area (Å²) in [5.41, 5.74) is 3.97. The molecule has 0 aliphatic carbocycles. The summed E-state index contributed by atoms with van der Waals surface area (Å²) in [5.74, 6) is 0.159. The van der Waals surface area contributed by atoms with Crippen LogP contribution in [0.2, 0.25) is 5.02 Å². The van der Waals surface area contributed by atoms with E-state index in [1.54, 1.807) is 12.3 Å². The monoisotopic (exact) mass is 431 g/mol. The van der Waals surface area contributed by atoms with Crippen molar-refractivity contribution in [2.75, 3.05) is 33.4 Å². The van der Waals surface area contributed by atoms with Gasteiger partial charge in [0.1, 0.15) is 17.2 Å². The highest BCUT2D eigenvalue weighted by molar-refractivity contribution is 6.35. The van der Waals surface area contributed by atoms with Crippen molar-refractivity contribution < 1.29 is 19.3 Å². The fourth-order valence-corrected chi connectivity index (χ4v) is 4.10. The number of aromatic amines is 1. The third kappa shape index (κ3) is 4.06. The van der Waals surface area contributed by atoms with Crippen LogP contribution < -0.4 is 4.74 Å². The van der Waals surface area contributed by atoms with Gasteiger partial charge in [0.25, 0.3) is 0 Å². The molecule has 0 saturated heterocycles. The van der Waals surface area contributed by atoms with Gasteiger partial charge in [0.15, 0.2) is 0 Å². The largest absolute Gasteiger partial charge is 0.496 e. The number of pyridine rings is 1. The zero-order valence-corrected chi connectivity index (χ0v) is 17.3. The Hall–Kier alpha value is -2.45. The number of aliphatic hydroxyl groups excluding tert-OH is 2.